The number of benzene rings is 6. The van der Waals surface area contributed by atoms with Crippen molar-refractivity contribution >= 4 is 29.6 Å². The average molecular weight is 1030 g/mol. The van der Waals surface area contributed by atoms with E-state index in [0.29, 0.717) is 64.9 Å². The number of carbonyl (C=O) groups is 4. The summed E-state index contributed by atoms with van der Waals surface area (Å²) in [6.45, 7) is 1.62. The second-order valence-corrected chi connectivity index (χ2v) is 19.1. The molecule has 1 N–H and O–H groups in total. The van der Waals surface area contributed by atoms with Gasteiger partial charge in [-0.3, -0.25) is 24.2 Å². The number of imide groups is 1. The van der Waals surface area contributed by atoms with Crippen molar-refractivity contribution in [2.24, 2.45) is 5.92 Å². The smallest absolute Gasteiger partial charge is 0.421 e. The Hall–Kier alpha value is -8.20. The fourth-order valence-corrected chi connectivity index (χ4v) is 11.6. The van der Waals surface area contributed by atoms with Crippen molar-refractivity contribution in [3.63, 3.8) is 0 Å². The van der Waals surface area contributed by atoms with Crippen LogP contribution in [0.5, 0.6) is 23.0 Å². The summed E-state index contributed by atoms with van der Waals surface area (Å²) in [6, 6.07) is 40.9. The van der Waals surface area contributed by atoms with Gasteiger partial charge in [-0.2, -0.15) is 0 Å². The van der Waals surface area contributed by atoms with E-state index < -0.39 is 59.4 Å². The van der Waals surface area contributed by atoms with Crippen LogP contribution in [0.1, 0.15) is 57.1 Å². The molecule has 6 aromatic carbocycles. The lowest BCUT2D eigenvalue weighted by atomic mass is 9.64. The lowest BCUT2D eigenvalue weighted by Gasteiger charge is -2.46. The topological polar surface area (TPSA) is 166 Å². The molecule has 0 saturated carbocycles. The molecule has 16 nitrogen and oxygen atoms in total. The van der Waals surface area contributed by atoms with Crippen LogP contribution in [0.15, 0.2) is 146 Å². The highest BCUT2D eigenvalue weighted by Crippen LogP contribution is 2.67. The predicted octanol–water partition coefficient (Wildman–Crippen LogP) is 6.99. The van der Waals surface area contributed by atoms with Crippen LogP contribution >= 0.6 is 0 Å². The zero-order valence-corrected chi connectivity index (χ0v) is 42.0. The number of rotatable bonds is 13. The van der Waals surface area contributed by atoms with Crippen LogP contribution in [0, 0.1) is 17.8 Å². The largest absolute Gasteiger partial charge is 0.497 e. The first-order valence-electron chi connectivity index (χ1n) is 25.3. The average Bonchev–Trinajstić information content (AvgIpc) is 4.30. The molecule has 0 bridgehead atoms. The quantitative estimate of drug-likeness (QED) is 0.0715. The van der Waals surface area contributed by atoms with Gasteiger partial charge in [0.2, 0.25) is 18.6 Å². The van der Waals surface area contributed by atoms with Crippen molar-refractivity contribution in [2.75, 3.05) is 78.5 Å². The SMILES string of the molecule is COCCOC(=O)N1C(=O)[C@@]2(c3cc(C#Cc4ccc(OC)cc4)ccc31)[C@H](c1ccccc1OCCO)N1[C@H](c3ccccc3)[C@H](c3ccccc3)OC(=O)[C@H]1[C@@H]2C(=O)N1CCN(Cc2ccc3c(c2)OCO3)CC1. The van der Waals surface area contributed by atoms with E-state index in [1.807, 2.05) is 102 Å². The summed E-state index contributed by atoms with van der Waals surface area (Å²) < 4.78 is 40.7. The highest BCUT2D eigenvalue weighted by atomic mass is 16.7. The summed E-state index contributed by atoms with van der Waals surface area (Å²) in [5.41, 5.74) is 2.41. The molecule has 6 atom stereocenters. The van der Waals surface area contributed by atoms with Crippen molar-refractivity contribution in [1.29, 1.82) is 0 Å². The Kier molecular flexibility index (Phi) is 14.2. The fraction of sp³-hybridized carbons (Fsp3) is 0.300. The van der Waals surface area contributed by atoms with Crippen LogP contribution in [-0.2, 0) is 40.6 Å². The van der Waals surface area contributed by atoms with Gasteiger partial charge in [0.25, 0.3) is 0 Å². The number of hydrogen-bond donors (Lipinski definition) is 1. The number of morpholine rings is 1. The Morgan fingerprint density at radius 2 is 1.42 bits per heavy atom. The van der Waals surface area contributed by atoms with Crippen LogP contribution in [0.4, 0.5) is 10.5 Å². The van der Waals surface area contributed by atoms with Gasteiger partial charge in [-0.15, -0.1) is 0 Å². The summed E-state index contributed by atoms with van der Waals surface area (Å²) in [4.78, 5) is 70.7. The maximum absolute atomic E-state index is 16.8. The molecule has 5 heterocycles. The minimum Gasteiger partial charge on any atom is -0.497 e. The summed E-state index contributed by atoms with van der Waals surface area (Å²) in [6.07, 6.45) is -1.93. The number of nitrogens with zero attached hydrogens (tertiary/aromatic N) is 4. The number of hydrogen-bond acceptors (Lipinski definition) is 14. The molecule has 0 aromatic heterocycles. The van der Waals surface area contributed by atoms with Crippen LogP contribution in [-0.4, -0.2) is 123 Å². The second-order valence-electron chi connectivity index (χ2n) is 19.1. The lowest BCUT2D eigenvalue weighted by molar-refractivity contribution is -0.179. The number of anilines is 1. The van der Waals surface area contributed by atoms with E-state index >= 15 is 14.4 Å². The van der Waals surface area contributed by atoms with Crippen molar-refractivity contribution in [1.82, 2.24) is 14.7 Å². The minimum atomic E-state index is -2.09. The van der Waals surface area contributed by atoms with Crippen molar-refractivity contribution in [3.8, 4) is 34.8 Å². The maximum Gasteiger partial charge on any atom is 0.421 e. The number of fused-ring (bicyclic) bond motifs is 4. The molecule has 0 aliphatic carbocycles. The number of para-hydroxylation sites is 1. The molecule has 3 amide bonds. The third-order valence-electron chi connectivity index (χ3n) is 15.0. The van der Waals surface area contributed by atoms with Gasteiger partial charge in [0, 0.05) is 56.5 Å². The van der Waals surface area contributed by atoms with Gasteiger partial charge in [0.05, 0.1) is 44.0 Å². The Bertz CT molecular complexity index is 3190. The fourth-order valence-electron chi connectivity index (χ4n) is 11.6. The summed E-state index contributed by atoms with van der Waals surface area (Å²) in [7, 11) is 3.06. The van der Waals surface area contributed by atoms with Crippen molar-refractivity contribution in [2.45, 2.75) is 36.2 Å². The first-order valence-corrected chi connectivity index (χ1v) is 25.3. The first kappa shape index (κ1) is 50.0. The summed E-state index contributed by atoms with van der Waals surface area (Å²) in [5, 5.41) is 10.2. The number of amides is 3. The number of ether oxygens (including phenoxy) is 7. The van der Waals surface area contributed by atoms with Gasteiger partial charge in [0.1, 0.15) is 42.3 Å². The van der Waals surface area contributed by atoms with Gasteiger partial charge in [-0.05, 0) is 82.9 Å². The molecule has 16 heteroatoms. The number of carbonyl (C=O) groups excluding carboxylic acids is 4. The molecular formula is C60H56N4O12. The van der Waals surface area contributed by atoms with Crippen molar-refractivity contribution in [3.05, 3.63) is 185 Å². The molecular weight excluding hydrogens is 969 g/mol. The van der Waals surface area contributed by atoms with Crippen LogP contribution in [0.3, 0.4) is 0 Å². The standard InChI is InChI=1S/C60H56N4O12/c1-70-33-34-73-59(69)63-47-25-21-40(18-17-39-19-23-44(71-2)24-20-39)35-46(47)60(58(63)68)51(56(66)62-29-27-61(28-30-62)37-41-22-26-49-50(36-41)75-38-74-49)53-57(67)76-54(43-13-7-4-8-14-43)52(42-11-5-3-6-12-42)64(53)55(60)45-15-9-10-16-48(45)72-32-31-65/h3-16,19-26,35-36,51-55,65H,27-34,37-38H2,1-2H3/t51-,52-,53-,54+,55+,60-/m1/s1. The number of cyclic esters (lactones) is 1. The number of esters is 1. The first-order chi connectivity index (χ1) is 37.2. The molecule has 5 aliphatic rings. The molecule has 0 unspecified atom stereocenters. The lowest BCUT2D eigenvalue weighted by Crippen LogP contribution is -2.59. The van der Waals surface area contributed by atoms with Crippen LogP contribution in [0.2, 0.25) is 0 Å². The number of piperazine rings is 1. The molecule has 388 valence electrons. The maximum atomic E-state index is 16.8. The van der Waals surface area contributed by atoms with E-state index in [4.69, 9.17) is 33.2 Å². The number of aliphatic hydroxyl groups excluding tert-OH is 1. The molecule has 0 radical (unpaired) electrons. The Balaban J connectivity index is 1.13. The van der Waals surface area contributed by atoms with Crippen LogP contribution < -0.4 is 23.8 Å². The Labute approximate surface area is 440 Å². The second kappa shape index (κ2) is 21.6. The van der Waals surface area contributed by atoms with Gasteiger partial charge in [0.15, 0.2) is 11.5 Å². The molecule has 3 saturated heterocycles. The zero-order chi connectivity index (χ0) is 52.3. The van der Waals surface area contributed by atoms with E-state index in [0.717, 1.165) is 16.0 Å². The van der Waals surface area contributed by atoms with E-state index in [1.54, 1.807) is 60.5 Å². The van der Waals surface area contributed by atoms with Crippen molar-refractivity contribution < 1.29 is 57.4 Å². The van der Waals surface area contributed by atoms with E-state index in [2.05, 4.69) is 16.7 Å². The highest BCUT2D eigenvalue weighted by Gasteiger charge is 2.76. The molecule has 3 fully saturated rings. The molecule has 1 spiro atoms. The molecule has 11 rings (SSSR count). The molecule has 5 aliphatic heterocycles. The molecule has 76 heavy (non-hydrogen) atoms. The zero-order valence-electron chi connectivity index (χ0n) is 42.0. The van der Waals surface area contributed by atoms with Crippen LogP contribution in [0.25, 0.3) is 0 Å². The van der Waals surface area contributed by atoms with E-state index in [9.17, 15) is 9.90 Å². The van der Waals surface area contributed by atoms with Gasteiger partial charge >= 0.3 is 12.1 Å². The van der Waals surface area contributed by atoms with Gasteiger partial charge in [-0.1, -0.05) is 96.8 Å². The monoisotopic (exact) mass is 1020 g/mol. The van der Waals surface area contributed by atoms with E-state index in [-0.39, 0.29) is 57.6 Å². The minimum absolute atomic E-state index is 0.0485. The van der Waals surface area contributed by atoms with Gasteiger partial charge in [-0.25, -0.2) is 9.69 Å². The number of aliphatic hydroxyl groups is 1. The van der Waals surface area contributed by atoms with Gasteiger partial charge < -0.3 is 43.2 Å². The third-order valence-corrected chi connectivity index (χ3v) is 15.0. The normalized spacial score (nSPS) is 22.6. The summed E-state index contributed by atoms with van der Waals surface area (Å²) >= 11 is 0. The van der Waals surface area contributed by atoms with E-state index in [1.165, 1.54) is 7.11 Å². The summed E-state index contributed by atoms with van der Waals surface area (Å²) in [5.74, 6) is 5.35. The Morgan fingerprint density at radius 1 is 0.724 bits per heavy atom. The number of methoxy groups -OCH3 is 2. The highest BCUT2D eigenvalue weighted by molar-refractivity contribution is 6.23. The predicted molar refractivity (Wildman–Crippen MR) is 278 cm³/mol. The molecule has 6 aromatic rings. The third kappa shape index (κ3) is 9.04. The Morgan fingerprint density at radius 3 is 2.16 bits per heavy atom.